The summed E-state index contributed by atoms with van der Waals surface area (Å²) < 4.78 is 10.9. The van der Waals surface area contributed by atoms with Gasteiger partial charge in [0.2, 0.25) is 5.91 Å². The number of ether oxygens (including phenoxy) is 1. The van der Waals surface area contributed by atoms with Crippen LogP contribution in [-0.2, 0) is 4.79 Å². The van der Waals surface area contributed by atoms with Crippen LogP contribution in [0.4, 0.5) is 5.69 Å². The number of hydrogen-bond acceptors (Lipinski definition) is 4. The lowest BCUT2D eigenvalue weighted by atomic mass is 9.91. The van der Waals surface area contributed by atoms with Crippen molar-refractivity contribution in [2.24, 2.45) is 5.92 Å². The van der Waals surface area contributed by atoms with E-state index in [9.17, 15) is 4.79 Å². The highest BCUT2D eigenvalue weighted by Gasteiger charge is 2.21. The largest absolute Gasteiger partial charge is 0.497 e. The van der Waals surface area contributed by atoms with Gasteiger partial charge in [-0.05, 0) is 82.4 Å². The quantitative estimate of drug-likeness (QED) is 0.629. The van der Waals surface area contributed by atoms with E-state index in [0.717, 1.165) is 55.4 Å². The summed E-state index contributed by atoms with van der Waals surface area (Å²) in [5, 5.41) is 2.98. The number of rotatable bonds is 9. The average molecular weight is 399 g/mol. The molecule has 1 atom stereocenters. The molecule has 1 saturated heterocycles. The van der Waals surface area contributed by atoms with Crippen molar-refractivity contribution in [1.29, 1.82) is 0 Å². The van der Waals surface area contributed by atoms with Crippen LogP contribution in [0.1, 0.15) is 56.5 Å². The third-order valence-electron chi connectivity index (χ3n) is 5.97. The number of carbonyl (C=O) groups excluding carboxylic acids is 1. The van der Waals surface area contributed by atoms with Crippen molar-refractivity contribution in [3.63, 3.8) is 0 Å². The molecule has 1 amide bonds. The van der Waals surface area contributed by atoms with Gasteiger partial charge in [0.05, 0.1) is 7.11 Å². The van der Waals surface area contributed by atoms with Crippen molar-refractivity contribution in [1.82, 2.24) is 4.90 Å². The Kier molecular flexibility index (Phi) is 7.76. The molecule has 2 aromatic rings. The summed E-state index contributed by atoms with van der Waals surface area (Å²) in [5.41, 5.74) is 0.796. The van der Waals surface area contributed by atoms with Crippen LogP contribution in [0.5, 0.6) is 5.75 Å². The predicted octanol–water partition coefficient (Wildman–Crippen LogP) is 5.22. The molecule has 0 unspecified atom stereocenters. The van der Waals surface area contributed by atoms with Gasteiger partial charge in [-0.1, -0.05) is 13.0 Å². The molecule has 2 heterocycles. The molecule has 1 aromatic heterocycles. The Morgan fingerprint density at radius 1 is 1.28 bits per heavy atom. The van der Waals surface area contributed by atoms with Crippen molar-refractivity contribution < 1.29 is 13.9 Å². The Hall–Kier alpha value is -2.27. The number of benzene rings is 1. The molecule has 1 aromatic carbocycles. The van der Waals surface area contributed by atoms with E-state index in [1.165, 1.54) is 12.8 Å². The summed E-state index contributed by atoms with van der Waals surface area (Å²) in [6.45, 7) is 7.62. The van der Waals surface area contributed by atoms with Gasteiger partial charge in [-0.3, -0.25) is 4.79 Å². The molecule has 5 heteroatoms. The fourth-order valence-corrected chi connectivity index (χ4v) is 4.00. The lowest BCUT2D eigenvalue weighted by molar-refractivity contribution is -0.116. The first-order valence-corrected chi connectivity index (χ1v) is 10.8. The number of methoxy groups -OCH3 is 1. The molecule has 1 N–H and O–H groups in total. The Bertz CT molecular complexity index is 778. The van der Waals surface area contributed by atoms with E-state index in [1.54, 1.807) is 7.11 Å². The maximum atomic E-state index is 12.3. The minimum Gasteiger partial charge on any atom is -0.497 e. The number of aryl methyl sites for hydroxylation is 1. The van der Waals surface area contributed by atoms with Gasteiger partial charge in [0, 0.05) is 24.1 Å². The molecule has 3 rings (SSSR count). The number of nitrogens with zero attached hydrogens (tertiary/aromatic N) is 1. The van der Waals surface area contributed by atoms with Gasteiger partial charge < -0.3 is 19.4 Å². The van der Waals surface area contributed by atoms with Crippen molar-refractivity contribution in [2.45, 2.75) is 51.9 Å². The summed E-state index contributed by atoms with van der Waals surface area (Å²) in [7, 11) is 1.63. The van der Waals surface area contributed by atoms with Crippen LogP contribution < -0.4 is 10.1 Å². The van der Waals surface area contributed by atoms with Crippen molar-refractivity contribution in [2.75, 3.05) is 32.1 Å². The first kappa shape index (κ1) is 21.4. The normalized spacial score (nSPS) is 16.5. The molecular formula is C24H34N2O3. The Labute approximate surface area is 174 Å². The van der Waals surface area contributed by atoms with Gasteiger partial charge in [0.25, 0.3) is 0 Å². The summed E-state index contributed by atoms with van der Waals surface area (Å²) >= 11 is 0. The second-order valence-electron chi connectivity index (χ2n) is 8.24. The molecule has 0 radical (unpaired) electrons. The lowest BCUT2D eigenvalue weighted by Crippen LogP contribution is -2.35. The highest BCUT2D eigenvalue weighted by Crippen LogP contribution is 2.25. The molecule has 0 saturated carbocycles. The van der Waals surface area contributed by atoms with Gasteiger partial charge >= 0.3 is 0 Å². The summed E-state index contributed by atoms with van der Waals surface area (Å²) in [4.78, 5) is 14.8. The van der Waals surface area contributed by atoms with E-state index in [2.05, 4.69) is 23.2 Å². The van der Waals surface area contributed by atoms with Crippen LogP contribution in [0.15, 0.2) is 40.8 Å². The number of anilines is 1. The van der Waals surface area contributed by atoms with Gasteiger partial charge in [0.1, 0.15) is 17.3 Å². The molecule has 29 heavy (non-hydrogen) atoms. The van der Waals surface area contributed by atoms with Crippen LogP contribution >= 0.6 is 0 Å². The Morgan fingerprint density at radius 3 is 2.76 bits per heavy atom. The van der Waals surface area contributed by atoms with Gasteiger partial charge in [-0.2, -0.15) is 0 Å². The molecule has 5 nitrogen and oxygen atoms in total. The van der Waals surface area contributed by atoms with Crippen LogP contribution in [-0.4, -0.2) is 37.6 Å². The fraction of sp³-hybridized carbons (Fsp3) is 0.542. The number of likely N-dealkylation sites (tertiary alicyclic amines) is 1. The maximum absolute atomic E-state index is 12.3. The predicted molar refractivity (Wildman–Crippen MR) is 116 cm³/mol. The smallest absolute Gasteiger partial charge is 0.224 e. The number of amides is 1. The highest BCUT2D eigenvalue weighted by molar-refractivity contribution is 5.90. The summed E-state index contributed by atoms with van der Waals surface area (Å²) in [6, 6.07) is 11.6. The van der Waals surface area contributed by atoms with E-state index in [1.807, 2.05) is 37.3 Å². The number of hydrogen-bond donors (Lipinski definition) is 1. The molecule has 1 aliphatic rings. The zero-order valence-electron chi connectivity index (χ0n) is 17.9. The third-order valence-corrected chi connectivity index (χ3v) is 5.97. The number of carbonyl (C=O) groups is 1. The molecule has 1 fully saturated rings. The van der Waals surface area contributed by atoms with Crippen LogP contribution in [0.2, 0.25) is 0 Å². The number of furan rings is 1. The Balaban J connectivity index is 1.32. The van der Waals surface area contributed by atoms with Gasteiger partial charge in [-0.15, -0.1) is 0 Å². The van der Waals surface area contributed by atoms with Crippen LogP contribution in [0.25, 0.3) is 0 Å². The average Bonchev–Trinajstić information content (AvgIpc) is 3.18. The topological polar surface area (TPSA) is 54.7 Å². The van der Waals surface area contributed by atoms with E-state index >= 15 is 0 Å². The van der Waals surface area contributed by atoms with Gasteiger partial charge in [0.15, 0.2) is 0 Å². The Morgan fingerprint density at radius 2 is 2.07 bits per heavy atom. The second kappa shape index (κ2) is 10.5. The zero-order valence-corrected chi connectivity index (χ0v) is 17.9. The number of piperidine rings is 1. The van der Waals surface area contributed by atoms with E-state index in [4.69, 9.17) is 9.15 Å². The standard InChI is InChI=1S/C24H34N2O3/c1-18(23-9-7-19(2)29-23)11-14-26-15-12-20(13-16-26)8-10-24(27)25-21-5-4-6-22(17-21)28-3/h4-7,9,17-18,20H,8,10-16H2,1-3H3,(H,25,27)/t18-/m0/s1. The first-order chi connectivity index (χ1) is 14.0. The third kappa shape index (κ3) is 6.64. The zero-order chi connectivity index (χ0) is 20.6. The second-order valence-corrected chi connectivity index (χ2v) is 8.24. The molecule has 1 aliphatic heterocycles. The van der Waals surface area contributed by atoms with Crippen LogP contribution in [0, 0.1) is 12.8 Å². The SMILES string of the molecule is COc1cccc(NC(=O)CCC2CCN(CC[C@H](C)c3ccc(C)o3)CC2)c1. The maximum Gasteiger partial charge on any atom is 0.224 e. The first-order valence-electron chi connectivity index (χ1n) is 10.8. The van der Waals surface area contributed by atoms with E-state index < -0.39 is 0 Å². The van der Waals surface area contributed by atoms with Crippen molar-refractivity contribution in [3.8, 4) is 5.75 Å². The molecule has 0 bridgehead atoms. The minimum absolute atomic E-state index is 0.0863. The van der Waals surface area contributed by atoms with Crippen molar-refractivity contribution >= 4 is 11.6 Å². The molecular weight excluding hydrogens is 364 g/mol. The minimum atomic E-state index is 0.0863. The van der Waals surface area contributed by atoms with E-state index in [0.29, 0.717) is 18.3 Å². The molecule has 158 valence electrons. The monoisotopic (exact) mass is 398 g/mol. The number of nitrogens with one attached hydrogen (secondary N) is 1. The van der Waals surface area contributed by atoms with Crippen molar-refractivity contribution in [3.05, 3.63) is 47.9 Å². The fourth-order valence-electron chi connectivity index (χ4n) is 4.00. The summed E-state index contributed by atoms with van der Waals surface area (Å²) in [5.74, 6) is 4.03. The summed E-state index contributed by atoms with van der Waals surface area (Å²) in [6.07, 6.45) is 5.03. The molecule has 0 aliphatic carbocycles. The lowest BCUT2D eigenvalue weighted by Gasteiger charge is -2.32. The molecule has 0 spiro atoms. The highest BCUT2D eigenvalue weighted by atomic mass is 16.5. The van der Waals surface area contributed by atoms with Gasteiger partial charge in [-0.25, -0.2) is 0 Å². The van der Waals surface area contributed by atoms with Crippen LogP contribution in [0.3, 0.4) is 0 Å². The van der Waals surface area contributed by atoms with E-state index in [-0.39, 0.29) is 5.91 Å².